The smallest absolute Gasteiger partial charge is 0.349 e. The number of aromatic carboxylic acids is 1. The van der Waals surface area contributed by atoms with Crippen molar-refractivity contribution in [1.29, 1.82) is 0 Å². The quantitative estimate of drug-likeness (QED) is 0.316. The zero-order valence-corrected chi connectivity index (χ0v) is 19.9. The Labute approximate surface area is 197 Å². The Bertz CT molecular complexity index is 1320. The summed E-state index contributed by atoms with van der Waals surface area (Å²) in [7, 11) is 1.58. The molecule has 4 aromatic rings. The number of carboxylic acids is 1. The molecule has 0 atom stereocenters. The predicted molar refractivity (Wildman–Crippen MR) is 129 cm³/mol. The predicted octanol–water partition coefficient (Wildman–Crippen LogP) is 5.63. The molecule has 4 rings (SSSR count). The van der Waals surface area contributed by atoms with Gasteiger partial charge in [-0.15, -0.1) is 22.7 Å². The molecule has 0 saturated heterocycles. The zero-order valence-electron chi connectivity index (χ0n) is 18.3. The lowest BCUT2D eigenvalue weighted by molar-refractivity contribution is 0.0698. The maximum Gasteiger partial charge on any atom is 0.349 e. The van der Waals surface area contributed by atoms with E-state index < -0.39 is 5.97 Å². The SMILES string of the molecule is CCOc1cc(-c2cc(NCCc3c(C)sc4c(OC)ccc(F)c34)ncn2)sc1C(=O)O. The fourth-order valence-corrected chi connectivity index (χ4v) is 5.71. The van der Waals surface area contributed by atoms with Crippen LogP contribution in [0.3, 0.4) is 0 Å². The Morgan fingerprint density at radius 3 is 2.76 bits per heavy atom. The maximum atomic E-state index is 14.6. The molecule has 0 aliphatic carbocycles. The van der Waals surface area contributed by atoms with E-state index in [0.29, 0.717) is 52.8 Å². The number of benzene rings is 1. The Kier molecular flexibility index (Phi) is 6.75. The van der Waals surface area contributed by atoms with Gasteiger partial charge in [-0.2, -0.15) is 0 Å². The fourth-order valence-electron chi connectivity index (χ4n) is 3.59. The van der Waals surface area contributed by atoms with Crippen LogP contribution in [0, 0.1) is 12.7 Å². The van der Waals surface area contributed by atoms with Crippen LogP contribution in [0.15, 0.2) is 30.6 Å². The second-order valence-electron chi connectivity index (χ2n) is 7.10. The number of rotatable bonds is 9. The first-order chi connectivity index (χ1) is 15.9. The second-order valence-corrected chi connectivity index (χ2v) is 9.37. The monoisotopic (exact) mass is 487 g/mol. The molecule has 0 radical (unpaired) electrons. The molecule has 2 N–H and O–H groups in total. The molecule has 10 heteroatoms. The van der Waals surface area contributed by atoms with E-state index in [1.165, 1.54) is 23.7 Å². The number of hydrogen-bond donors (Lipinski definition) is 2. The van der Waals surface area contributed by atoms with Crippen LogP contribution in [-0.2, 0) is 6.42 Å². The largest absolute Gasteiger partial charge is 0.495 e. The normalized spacial score (nSPS) is 11.0. The van der Waals surface area contributed by atoms with Gasteiger partial charge in [0.05, 0.1) is 29.0 Å². The molecule has 0 unspecified atom stereocenters. The summed E-state index contributed by atoms with van der Waals surface area (Å²) < 4.78 is 26.2. The van der Waals surface area contributed by atoms with Crippen LogP contribution < -0.4 is 14.8 Å². The molecule has 0 bridgehead atoms. The number of anilines is 1. The molecular weight excluding hydrogens is 465 g/mol. The van der Waals surface area contributed by atoms with Crippen molar-refractivity contribution in [2.24, 2.45) is 0 Å². The molecule has 1 aromatic carbocycles. The highest BCUT2D eigenvalue weighted by atomic mass is 32.1. The highest BCUT2D eigenvalue weighted by Crippen LogP contribution is 2.39. The van der Waals surface area contributed by atoms with E-state index in [4.69, 9.17) is 9.47 Å². The summed E-state index contributed by atoms with van der Waals surface area (Å²) >= 11 is 2.63. The molecule has 33 heavy (non-hydrogen) atoms. The number of aryl methyl sites for hydroxylation is 1. The fraction of sp³-hybridized carbons (Fsp3) is 0.261. The summed E-state index contributed by atoms with van der Waals surface area (Å²) in [4.78, 5) is 21.9. The molecule has 0 fully saturated rings. The van der Waals surface area contributed by atoms with Crippen LogP contribution in [0.25, 0.3) is 20.7 Å². The summed E-state index contributed by atoms with van der Waals surface area (Å²) in [5, 5.41) is 13.3. The van der Waals surface area contributed by atoms with Gasteiger partial charge < -0.3 is 19.9 Å². The zero-order chi connectivity index (χ0) is 23.5. The van der Waals surface area contributed by atoms with Crippen LogP contribution >= 0.6 is 22.7 Å². The number of fused-ring (bicyclic) bond motifs is 1. The molecular formula is C23H22FN3O4S2. The molecule has 3 heterocycles. The number of aromatic nitrogens is 2. The van der Waals surface area contributed by atoms with Crippen LogP contribution in [0.2, 0.25) is 0 Å². The average molecular weight is 488 g/mol. The number of carbonyl (C=O) groups is 1. The number of nitrogens with zero attached hydrogens (tertiary/aromatic N) is 2. The van der Waals surface area contributed by atoms with Crippen LogP contribution in [0.1, 0.15) is 27.0 Å². The summed E-state index contributed by atoms with van der Waals surface area (Å²) in [5.41, 5.74) is 1.54. The first kappa shape index (κ1) is 22.9. The van der Waals surface area contributed by atoms with Gasteiger partial charge in [0.15, 0.2) is 4.88 Å². The van der Waals surface area contributed by atoms with Crippen LogP contribution in [-0.4, -0.2) is 41.3 Å². The molecule has 3 aromatic heterocycles. The molecule has 7 nitrogen and oxygen atoms in total. The van der Waals surface area contributed by atoms with E-state index in [2.05, 4.69) is 15.3 Å². The van der Waals surface area contributed by atoms with Gasteiger partial charge in [-0.3, -0.25) is 0 Å². The van der Waals surface area contributed by atoms with E-state index in [1.807, 2.05) is 6.92 Å². The Morgan fingerprint density at radius 1 is 1.21 bits per heavy atom. The number of ether oxygens (including phenoxy) is 2. The number of methoxy groups -OCH3 is 1. The van der Waals surface area contributed by atoms with Gasteiger partial charge in [0, 0.05) is 28.9 Å². The minimum atomic E-state index is -1.04. The van der Waals surface area contributed by atoms with E-state index >= 15 is 0 Å². The summed E-state index contributed by atoms with van der Waals surface area (Å²) in [6.45, 7) is 4.69. The van der Waals surface area contributed by atoms with Crippen molar-refractivity contribution in [3.63, 3.8) is 0 Å². The molecule has 172 valence electrons. The lowest BCUT2D eigenvalue weighted by Gasteiger charge is -2.08. The van der Waals surface area contributed by atoms with Gasteiger partial charge in [-0.25, -0.2) is 19.2 Å². The molecule has 0 aliphatic rings. The van der Waals surface area contributed by atoms with Crippen molar-refractivity contribution >= 4 is 44.5 Å². The van der Waals surface area contributed by atoms with Gasteiger partial charge in [0.25, 0.3) is 0 Å². The standard InChI is InChI=1S/C23H22FN3O4S2/c1-4-31-17-10-18(33-22(17)23(28)29)15-9-19(27-11-26-15)25-8-7-13-12(2)32-21-16(30-3)6-5-14(24)20(13)21/h5-6,9-11H,4,7-8H2,1-3H3,(H,28,29)(H,25,26,27). The van der Waals surface area contributed by atoms with Gasteiger partial charge in [-0.05, 0) is 38.0 Å². The average Bonchev–Trinajstić information content (AvgIpc) is 3.37. The third-order valence-corrected chi connectivity index (χ3v) is 7.35. The second kappa shape index (κ2) is 9.72. The van der Waals surface area contributed by atoms with Gasteiger partial charge >= 0.3 is 5.97 Å². The van der Waals surface area contributed by atoms with Crippen LogP contribution in [0.5, 0.6) is 11.5 Å². The highest BCUT2D eigenvalue weighted by molar-refractivity contribution is 7.19. The Balaban J connectivity index is 1.53. The van der Waals surface area contributed by atoms with E-state index in [-0.39, 0.29) is 10.7 Å². The third-order valence-electron chi connectivity index (χ3n) is 5.07. The van der Waals surface area contributed by atoms with Crippen molar-refractivity contribution in [1.82, 2.24) is 9.97 Å². The van der Waals surface area contributed by atoms with Gasteiger partial charge in [0.2, 0.25) is 0 Å². The van der Waals surface area contributed by atoms with Crippen LogP contribution in [0.4, 0.5) is 10.2 Å². The van der Waals surface area contributed by atoms with E-state index in [9.17, 15) is 14.3 Å². The number of nitrogens with one attached hydrogen (secondary N) is 1. The first-order valence-corrected chi connectivity index (χ1v) is 11.9. The number of hydrogen-bond acceptors (Lipinski definition) is 8. The van der Waals surface area contributed by atoms with E-state index in [0.717, 1.165) is 26.5 Å². The minimum Gasteiger partial charge on any atom is -0.495 e. The van der Waals surface area contributed by atoms with Crippen molar-refractivity contribution in [2.75, 3.05) is 25.6 Å². The first-order valence-electron chi connectivity index (χ1n) is 10.2. The lowest BCUT2D eigenvalue weighted by Crippen LogP contribution is -2.07. The van der Waals surface area contributed by atoms with Crippen molar-refractivity contribution in [3.8, 4) is 22.1 Å². The molecule has 0 spiro atoms. The highest BCUT2D eigenvalue weighted by Gasteiger charge is 2.19. The van der Waals surface area contributed by atoms with Crippen molar-refractivity contribution in [3.05, 3.63) is 51.7 Å². The van der Waals surface area contributed by atoms with Crippen molar-refractivity contribution in [2.45, 2.75) is 20.3 Å². The van der Waals surface area contributed by atoms with Crippen molar-refractivity contribution < 1.29 is 23.8 Å². The minimum absolute atomic E-state index is 0.136. The van der Waals surface area contributed by atoms with Gasteiger partial charge in [-0.1, -0.05) is 0 Å². The molecule has 0 saturated carbocycles. The van der Waals surface area contributed by atoms with Gasteiger partial charge in [0.1, 0.15) is 29.5 Å². The summed E-state index contributed by atoms with van der Waals surface area (Å²) in [6, 6.07) is 6.52. The summed E-state index contributed by atoms with van der Waals surface area (Å²) in [5.74, 6) is 0.298. The summed E-state index contributed by atoms with van der Waals surface area (Å²) in [6.07, 6.45) is 2.03. The topological polar surface area (TPSA) is 93.6 Å². The molecule has 0 amide bonds. The third kappa shape index (κ3) is 4.62. The van der Waals surface area contributed by atoms with E-state index in [1.54, 1.807) is 32.2 Å². The lowest BCUT2D eigenvalue weighted by atomic mass is 10.1. The molecule has 0 aliphatic heterocycles. The Morgan fingerprint density at radius 2 is 2.03 bits per heavy atom. The number of halogens is 1. The maximum absolute atomic E-state index is 14.6. The number of thiophene rings is 2. The Hall–Kier alpha value is -3.24. The number of carboxylic acid groups (broad SMARTS) is 1.